The van der Waals surface area contributed by atoms with Crippen LogP contribution in [-0.4, -0.2) is 23.2 Å². The Bertz CT molecular complexity index is 421. The summed E-state index contributed by atoms with van der Waals surface area (Å²) < 4.78 is 5.48. The Morgan fingerprint density at radius 2 is 2.11 bits per heavy atom. The highest BCUT2D eigenvalue weighted by Gasteiger charge is 2.16. The summed E-state index contributed by atoms with van der Waals surface area (Å²) in [6.07, 6.45) is -0.620. The van der Waals surface area contributed by atoms with Crippen LogP contribution in [0.1, 0.15) is 26.3 Å². The molecule has 0 spiro atoms. The topological polar surface area (TPSA) is 58.6 Å². The molecule has 100 valence electrons. The standard InChI is InChI=1S/C13H18ClNO3/c1-8(2)15-13(17)9(3)18-12-5-4-10(7-16)6-11(12)14/h4-6,8-9,16H,7H2,1-3H3,(H,15,17). The normalized spacial score (nSPS) is 12.3. The van der Waals surface area contributed by atoms with Gasteiger partial charge in [0.15, 0.2) is 6.10 Å². The number of aliphatic hydroxyl groups is 1. The van der Waals surface area contributed by atoms with Crippen LogP contribution in [0.5, 0.6) is 5.75 Å². The molecule has 2 N–H and O–H groups in total. The number of hydrogen-bond acceptors (Lipinski definition) is 3. The van der Waals surface area contributed by atoms with Crippen molar-refractivity contribution in [1.82, 2.24) is 5.32 Å². The molecular weight excluding hydrogens is 254 g/mol. The van der Waals surface area contributed by atoms with Gasteiger partial charge in [-0.05, 0) is 38.5 Å². The molecule has 18 heavy (non-hydrogen) atoms. The van der Waals surface area contributed by atoms with Crippen molar-refractivity contribution < 1.29 is 14.6 Å². The molecule has 0 fully saturated rings. The van der Waals surface area contributed by atoms with Crippen molar-refractivity contribution >= 4 is 17.5 Å². The summed E-state index contributed by atoms with van der Waals surface area (Å²) in [5.74, 6) is 0.243. The number of carbonyl (C=O) groups is 1. The SMILES string of the molecule is CC(C)NC(=O)C(C)Oc1ccc(CO)cc1Cl. The highest BCUT2D eigenvalue weighted by atomic mass is 35.5. The second-order valence-corrected chi connectivity index (χ2v) is 4.75. The third-order valence-corrected chi connectivity index (χ3v) is 2.58. The molecule has 0 aliphatic rings. The van der Waals surface area contributed by atoms with E-state index in [2.05, 4.69) is 5.32 Å². The molecule has 0 aliphatic heterocycles. The number of benzene rings is 1. The lowest BCUT2D eigenvalue weighted by Gasteiger charge is -2.17. The molecule has 1 unspecified atom stereocenters. The Labute approximate surface area is 112 Å². The highest BCUT2D eigenvalue weighted by molar-refractivity contribution is 6.32. The molecule has 0 aromatic heterocycles. The Hall–Kier alpha value is -1.26. The molecule has 1 rings (SSSR count). The summed E-state index contributed by atoms with van der Waals surface area (Å²) in [4.78, 5) is 11.7. The largest absolute Gasteiger partial charge is 0.479 e. The van der Waals surface area contributed by atoms with Gasteiger partial charge in [0, 0.05) is 6.04 Å². The van der Waals surface area contributed by atoms with Crippen molar-refractivity contribution in [3.05, 3.63) is 28.8 Å². The van der Waals surface area contributed by atoms with Crippen LogP contribution in [0.3, 0.4) is 0 Å². The van der Waals surface area contributed by atoms with Crippen molar-refractivity contribution in [2.75, 3.05) is 0 Å². The van der Waals surface area contributed by atoms with E-state index in [0.717, 1.165) is 0 Å². The predicted molar refractivity (Wildman–Crippen MR) is 70.7 cm³/mol. The average molecular weight is 272 g/mol. The summed E-state index contributed by atoms with van der Waals surface area (Å²) in [6, 6.07) is 5.03. The van der Waals surface area contributed by atoms with E-state index in [1.54, 1.807) is 25.1 Å². The minimum atomic E-state index is -0.620. The fraction of sp³-hybridized carbons (Fsp3) is 0.462. The second-order valence-electron chi connectivity index (χ2n) is 4.35. The van der Waals surface area contributed by atoms with Crippen molar-refractivity contribution in [3.63, 3.8) is 0 Å². The van der Waals surface area contributed by atoms with Gasteiger partial charge in [-0.25, -0.2) is 0 Å². The first-order chi connectivity index (χ1) is 8.43. The minimum absolute atomic E-state index is 0.0655. The molecule has 0 aliphatic carbocycles. The third kappa shape index (κ3) is 4.20. The molecular formula is C13H18ClNO3. The van der Waals surface area contributed by atoms with Gasteiger partial charge in [0.05, 0.1) is 11.6 Å². The smallest absolute Gasteiger partial charge is 0.260 e. The quantitative estimate of drug-likeness (QED) is 0.862. The number of aliphatic hydroxyl groups excluding tert-OH is 1. The van der Waals surface area contributed by atoms with Gasteiger partial charge in [0.1, 0.15) is 5.75 Å². The van der Waals surface area contributed by atoms with Crippen molar-refractivity contribution in [2.24, 2.45) is 0 Å². The zero-order chi connectivity index (χ0) is 13.7. The Balaban J connectivity index is 2.69. The van der Waals surface area contributed by atoms with E-state index in [1.165, 1.54) is 0 Å². The van der Waals surface area contributed by atoms with Crippen LogP contribution < -0.4 is 10.1 Å². The van der Waals surface area contributed by atoms with Crippen molar-refractivity contribution in [3.8, 4) is 5.75 Å². The summed E-state index contributed by atoms with van der Waals surface area (Å²) in [5, 5.41) is 12.1. The van der Waals surface area contributed by atoms with E-state index in [-0.39, 0.29) is 18.6 Å². The summed E-state index contributed by atoms with van der Waals surface area (Å²) >= 11 is 5.99. The monoisotopic (exact) mass is 271 g/mol. The fourth-order valence-corrected chi connectivity index (χ4v) is 1.63. The molecule has 0 saturated heterocycles. The first kappa shape index (κ1) is 14.8. The molecule has 0 heterocycles. The molecule has 0 saturated carbocycles. The number of rotatable bonds is 5. The van der Waals surface area contributed by atoms with Crippen LogP contribution in [0.4, 0.5) is 0 Å². The lowest BCUT2D eigenvalue weighted by atomic mass is 10.2. The first-order valence-corrected chi connectivity index (χ1v) is 6.18. The molecule has 4 nitrogen and oxygen atoms in total. The van der Waals surface area contributed by atoms with Gasteiger partial charge < -0.3 is 15.2 Å². The zero-order valence-corrected chi connectivity index (χ0v) is 11.5. The molecule has 5 heteroatoms. The van der Waals surface area contributed by atoms with Crippen molar-refractivity contribution in [1.29, 1.82) is 0 Å². The van der Waals surface area contributed by atoms with Crippen LogP contribution >= 0.6 is 11.6 Å². The molecule has 1 aromatic carbocycles. The number of amides is 1. The van der Waals surface area contributed by atoms with Crippen LogP contribution in [0.25, 0.3) is 0 Å². The fourth-order valence-electron chi connectivity index (χ4n) is 1.38. The molecule has 0 radical (unpaired) electrons. The molecule has 1 amide bonds. The maximum atomic E-state index is 11.7. The maximum absolute atomic E-state index is 11.7. The predicted octanol–water partition coefficient (Wildman–Crippen LogP) is 2.12. The lowest BCUT2D eigenvalue weighted by molar-refractivity contribution is -0.127. The second kappa shape index (κ2) is 6.61. The minimum Gasteiger partial charge on any atom is -0.479 e. The molecule has 1 aromatic rings. The Kier molecular flexibility index (Phi) is 5.44. The number of halogens is 1. The van der Waals surface area contributed by atoms with Crippen LogP contribution in [0.2, 0.25) is 5.02 Å². The van der Waals surface area contributed by atoms with Crippen LogP contribution in [0.15, 0.2) is 18.2 Å². The van der Waals surface area contributed by atoms with Gasteiger partial charge >= 0.3 is 0 Å². The summed E-state index contributed by atoms with van der Waals surface area (Å²) in [5.41, 5.74) is 0.701. The van der Waals surface area contributed by atoms with E-state index >= 15 is 0 Å². The van der Waals surface area contributed by atoms with Crippen LogP contribution in [0, 0.1) is 0 Å². The maximum Gasteiger partial charge on any atom is 0.260 e. The van der Waals surface area contributed by atoms with Gasteiger partial charge in [-0.1, -0.05) is 17.7 Å². The number of nitrogens with one attached hydrogen (secondary N) is 1. The van der Waals surface area contributed by atoms with Gasteiger partial charge in [-0.3, -0.25) is 4.79 Å². The summed E-state index contributed by atoms with van der Waals surface area (Å²) in [6.45, 7) is 5.35. The van der Waals surface area contributed by atoms with E-state index in [4.69, 9.17) is 21.4 Å². The first-order valence-electron chi connectivity index (χ1n) is 5.80. The zero-order valence-electron chi connectivity index (χ0n) is 10.7. The van der Waals surface area contributed by atoms with E-state index < -0.39 is 6.10 Å². The number of carbonyl (C=O) groups excluding carboxylic acids is 1. The van der Waals surface area contributed by atoms with Gasteiger partial charge in [0.25, 0.3) is 5.91 Å². The number of ether oxygens (including phenoxy) is 1. The van der Waals surface area contributed by atoms with Crippen LogP contribution in [-0.2, 0) is 11.4 Å². The highest BCUT2D eigenvalue weighted by Crippen LogP contribution is 2.26. The van der Waals surface area contributed by atoms with E-state index in [1.807, 2.05) is 13.8 Å². The summed E-state index contributed by atoms with van der Waals surface area (Å²) in [7, 11) is 0. The van der Waals surface area contributed by atoms with E-state index in [9.17, 15) is 4.79 Å². The third-order valence-electron chi connectivity index (χ3n) is 2.28. The average Bonchev–Trinajstić information content (AvgIpc) is 2.30. The van der Waals surface area contributed by atoms with E-state index in [0.29, 0.717) is 16.3 Å². The van der Waals surface area contributed by atoms with Gasteiger partial charge in [-0.15, -0.1) is 0 Å². The molecule has 1 atom stereocenters. The number of hydrogen-bond donors (Lipinski definition) is 2. The Morgan fingerprint density at radius 3 is 2.61 bits per heavy atom. The van der Waals surface area contributed by atoms with Crippen molar-refractivity contribution in [2.45, 2.75) is 39.5 Å². The van der Waals surface area contributed by atoms with Gasteiger partial charge in [-0.2, -0.15) is 0 Å². The molecule has 0 bridgehead atoms. The Morgan fingerprint density at radius 1 is 1.44 bits per heavy atom. The van der Waals surface area contributed by atoms with Gasteiger partial charge in [0.2, 0.25) is 0 Å². The lowest BCUT2D eigenvalue weighted by Crippen LogP contribution is -2.40.